The highest BCUT2D eigenvalue weighted by Crippen LogP contribution is 2.30. The van der Waals surface area contributed by atoms with Gasteiger partial charge in [-0.1, -0.05) is 5.16 Å². The lowest BCUT2D eigenvalue weighted by molar-refractivity contribution is -0.136. The Morgan fingerprint density at radius 1 is 1.19 bits per heavy atom. The molecule has 2 saturated heterocycles. The van der Waals surface area contributed by atoms with Crippen LogP contribution in [0.2, 0.25) is 0 Å². The molecular weight excluding hydrogens is 408 g/mol. The SMILES string of the molecule is COc1ccc(-c2cc(C[C@@H]3CNCC[C@H]3CC(=O)N3CCC(C(N)=O)CC3)no2)cc1. The number of carbonyl (C=O) groups is 2. The van der Waals surface area contributed by atoms with E-state index >= 15 is 0 Å². The Balaban J connectivity index is 1.35. The molecule has 2 aliphatic heterocycles. The van der Waals surface area contributed by atoms with E-state index in [-0.39, 0.29) is 17.7 Å². The van der Waals surface area contributed by atoms with Crippen LogP contribution in [0.5, 0.6) is 5.75 Å². The summed E-state index contributed by atoms with van der Waals surface area (Å²) in [5.74, 6) is 1.99. The van der Waals surface area contributed by atoms with Gasteiger partial charge in [-0.15, -0.1) is 0 Å². The summed E-state index contributed by atoms with van der Waals surface area (Å²) in [6, 6.07) is 9.69. The zero-order chi connectivity index (χ0) is 22.5. The second kappa shape index (κ2) is 10.2. The zero-order valence-electron chi connectivity index (χ0n) is 18.6. The Bertz CT molecular complexity index is 918. The molecule has 2 aliphatic rings. The number of methoxy groups -OCH3 is 1. The van der Waals surface area contributed by atoms with Crippen LogP contribution in [-0.4, -0.2) is 55.2 Å². The van der Waals surface area contributed by atoms with Crippen LogP contribution in [0.25, 0.3) is 11.3 Å². The van der Waals surface area contributed by atoms with E-state index in [1.54, 1.807) is 7.11 Å². The van der Waals surface area contributed by atoms with E-state index in [0.717, 1.165) is 48.7 Å². The molecule has 2 fully saturated rings. The van der Waals surface area contributed by atoms with Crippen molar-refractivity contribution in [1.82, 2.24) is 15.4 Å². The van der Waals surface area contributed by atoms with Gasteiger partial charge in [-0.2, -0.15) is 0 Å². The van der Waals surface area contributed by atoms with E-state index in [4.69, 9.17) is 15.0 Å². The van der Waals surface area contributed by atoms with Crippen molar-refractivity contribution in [3.8, 4) is 17.1 Å². The van der Waals surface area contributed by atoms with E-state index in [1.165, 1.54) is 0 Å². The lowest BCUT2D eigenvalue weighted by Gasteiger charge is -2.35. The normalized spacial score (nSPS) is 22.0. The molecule has 8 heteroatoms. The molecule has 1 aromatic carbocycles. The van der Waals surface area contributed by atoms with Crippen molar-refractivity contribution < 1.29 is 18.8 Å². The number of hydrogen-bond donors (Lipinski definition) is 2. The molecule has 0 spiro atoms. The summed E-state index contributed by atoms with van der Waals surface area (Å²) in [5.41, 5.74) is 7.28. The van der Waals surface area contributed by atoms with Crippen molar-refractivity contribution in [2.45, 2.75) is 32.1 Å². The van der Waals surface area contributed by atoms with Crippen molar-refractivity contribution in [2.75, 3.05) is 33.3 Å². The van der Waals surface area contributed by atoms with Gasteiger partial charge in [-0.05, 0) is 74.9 Å². The molecule has 0 radical (unpaired) electrons. The molecular formula is C24H32N4O4. The minimum Gasteiger partial charge on any atom is -0.497 e. The zero-order valence-corrected chi connectivity index (χ0v) is 18.6. The summed E-state index contributed by atoms with van der Waals surface area (Å²) < 4.78 is 10.8. The predicted molar refractivity (Wildman–Crippen MR) is 120 cm³/mol. The highest BCUT2D eigenvalue weighted by Gasteiger charge is 2.31. The lowest BCUT2D eigenvalue weighted by atomic mass is 9.80. The summed E-state index contributed by atoms with van der Waals surface area (Å²) in [6.07, 6.45) is 3.62. The summed E-state index contributed by atoms with van der Waals surface area (Å²) in [5, 5.41) is 7.74. The number of nitrogens with two attached hydrogens (primary N) is 1. The van der Waals surface area contributed by atoms with Crippen LogP contribution in [0.15, 0.2) is 34.9 Å². The average molecular weight is 441 g/mol. The predicted octanol–water partition coefficient (Wildman–Crippen LogP) is 2.23. The van der Waals surface area contributed by atoms with Gasteiger partial charge < -0.3 is 25.2 Å². The molecule has 0 saturated carbocycles. The van der Waals surface area contributed by atoms with Crippen LogP contribution < -0.4 is 15.8 Å². The van der Waals surface area contributed by atoms with Crippen LogP contribution in [-0.2, 0) is 16.0 Å². The first kappa shape index (κ1) is 22.3. The maximum absolute atomic E-state index is 12.9. The molecule has 32 heavy (non-hydrogen) atoms. The average Bonchev–Trinajstić information content (AvgIpc) is 3.29. The van der Waals surface area contributed by atoms with Gasteiger partial charge in [0.05, 0.1) is 12.8 Å². The van der Waals surface area contributed by atoms with Gasteiger partial charge in [0.15, 0.2) is 5.76 Å². The van der Waals surface area contributed by atoms with Gasteiger partial charge in [0.2, 0.25) is 11.8 Å². The Morgan fingerprint density at radius 2 is 1.94 bits per heavy atom. The number of benzene rings is 1. The van der Waals surface area contributed by atoms with Crippen LogP contribution in [0.3, 0.4) is 0 Å². The number of rotatable bonds is 7. The number of carbonyl (C=O) groups excluding carboxylic acids is 2. The highest BCUT2D eigenvalue weighted by atomic mass is 16.5. The van der Waals surface area contributed by atoms with Crippen molar-refractivity contribution >= 4 is 11.8 Å². The van der Waals surface area contributed by atoms with Crippen LogP contribution >= 0.6 is 0 Å². The van der Waals surface area contributed by atoms with E-state index < -0.39 is 0 Å². The topological polar surface area (TPSA) is 111 Å². The fraction of sp³-hybridized carbons (Fsp3) is 0.542. The molecule has 3 N–H and O–H groups in total. The number of nitrogens with zero attached hydrogens (tertiary/aromatic N) is 2. The minimum atomic E-state index is -0.253. The lowest BCUT2D eigenvalue weighted by Crippen LogP contribution is -2.44. The van der Waals surface area contributed by atoms with Crippen LogP contribution in [0, 0.1) is 17.8 Å². The Kier molecular flexibility index (Phi) is 7.09. The monoisotopic (exact) mass is 440 g/mol. The number of aromatic nitrogens is 1. The second-order valence-electron chi connectivity index (χ2n) is 8.89. The molecule has 0 bridgehead atoms. The molecule has 3 heterocycles. The number of amides is 2. The quantitative estimate of drug-likeness (QED) is 0.683. The molecule has 0 aliphatic carbocycles. The molecule has 1 aromatic heterocycles. The van der Waals surface area contributed by atoms with Gasteiger partial charge >= 0.3 is 0 Å². The maximum Gasteiger partial charge on any atom is 0.222 e. The van der Waals surface area contributed by atoms with E-state index in [1.807, 2.05) is 35.2 Å². The molecule has 2 aromatic rings. The number of primary amides is 1. The smallest absolute Gasteiger partial charge is 0.222 e. The third-order valence-corrected chi connectivity index (χ3v) is 6.86. The van der Waals surface area contributed by atoms with Crippen LogP contribution in [0.1, 0.15) is 31.4 Å². The van der Waals surface area contributed by atoms with E-state index in [0.29, 0.717) is 44.2 Å². The first-order valence-corrected chi connectivity index (χ1v) is 11.4. The van der Waals surface area contributed by atoms with E-state index in [9.17, 15) is 9.59 Å². The first-order valence-electron chi connectivity index (χ1n) is 11.4. The molecule has 2 atom stereocenters. The summed E-state index contributed by atoms with van der Waals surface area (Å²) in [6.45, 7) is 3.04. The largest absolute Gasteiger partial charge is 0.497 e. The minimum absolute atomic E-state index is 0.0993. The van der Waals surface area contributed by atoms with Gasteiger partial charge in [-0.3, -0.25) is 9.59 Å². The van der Waals surface area contributed by atoms with Crippen molar-refractivity contribution in [2.24, 2.45) is 23.5 Å². The second-order valence-corrected chi connectivity index (χ2v) is 8.89. The van der Waals surface area contributed by atoms with Crippen molar-refractivity contribution in [3.05, 3.63) is 36.0 Å². The molecule has 2 amide bonds. The first-order chi connectivity index (χ1) is 15.5. The molecule has 172 valence electrons. The van der Waals surface area contributed by atoms with Crippen LogP contribution in [0.4, 0.5) is 0 Å². The maximum atomic E-state index is 12.9. The number of likely N-dealkylation sites (tertiary alicyclic amines) is 1. The Hall–Kier alpha value is -2.87. The van der Waals surface area contributed by atoms with Gasteiger partial charge in [0.1, 0.15) is 5.75 Å². The number of ether oxygens (including phenoxy) is 1. The summed E-state index contributed by atoms with van der Waals surface area (Å²) >= 11 is 0. The third kappa shape index (κ3) is 5.30. The fourth-order valence-corrected chi connectivity index (χ4v) is 4.82. The fourth-order valence-electron chi connectivity index (χ4n) is 4.82. The van der Waals surface area contributed by atoms with Gasteiger partial charge in [0.25, 0.3) is 0 Å². The van der Waals surface area contributed by atoms with Gasteiger partial charge in [-0.25, -0.2) is 0 Å². The highest BCUT2D eigenvalue weighted by molar-refractivity contribution is 5.79. The van der Waals surface area contributed by atoms with E-state index in [2.05, 4.69) is 10.5 Å². The molecule has 4 rings (SSSR count). The molecule has 0 unspecified atom stereocenters. The number of nitrogens with one attached hydrogen (secondary N) is 1. The summed E-state index contributed by atoms with van der Waals surface area (Å²) in [4.78, 5) is 26.2. The summed E-state index contributed by atoms with van der Waals surface area (Å²) in [7, 11) is 1.64. The third-order valence-electron chi connectivity index (χ3n) is 6.86. The standard InChI is InChI=1S/C24H32N4O4/c1-31-21-4-2-16(3-5-21)22-14-20(27-32-22)12-19-15-26-9-6-18(19)13-23(29)28-10-7-17(8-11-28)24(25)30/h2-5,14,17-19,26H,6-13,15H2,1H3,(H2,25,30)/t18-,19+/m0/s1. The van der Waals surface area contributed by atoms with Gasteiger partial charge in [0, 0.05) is 37.1 Å². The Labute approximate surface area is 188 Å². The van der Waals surface area contributed by atoms with Crippen molar-refractivity contribution in [3.63, 3.8) is 0 Å². The number of hydrogen-bond acceptors (Lipinski definition) is 6. The molecule has 8 nitrogen and oxygen atoms in total. The number of piperidine rings is 2. The van der Waals surface area contributed by atoms with Crippen molar-refractivity contribution in [1.29, 1.82) is 0 Å². The Morgan fingerprint density at radius 3 is 2.62 bits per heavy atom.